The Balaban J connectivity index is 1.98. The molecule has 0 saturated heterocycles. The molecule has 22 heavy (non-hydrogen) atoms. The fraction of sp³-hybridized carbons (Fsp3) is 0.158. The van der Waals surface area contributed by atoms with Gasteiger partial charge in [0.25, 0.3) is 5.56 Å². The first-order chi connectivity index (χ1) is 10.6. The van der Waals surface area contributed by atoms with Crippen molar-refractivity contribution in [1.82, 2.24) is 9.78 Å². The Bertz CT molecular complexity index is 848. The van der Waals surface area contributed by atoms with Crippen molar-refractivity contribution in [2.45, 2.75) is 20.4 Å². The molecule has 0 unspecified atom stereocenters. The van der Waals surface area contributed by atoms with Crippen LogP contribution in [0.15, 0.2) is 65.5 Å². The molecule has 3 rings (SSSR count). The average molecular weight is 290 g/mol. The number of rotatable bonds is 3. The molecule has 0 N–H and O–H groups in total. The highest BCUT2D eigenvalue weighted by atomic mass is 16.1. The average Bonchev–Trinajstić information content (AvgIpc) is 2.52. The first-order valence-corrected chi connectivity index (χ1v) is 7.33. The van der Waals surface area contributed by atoms with Crippen LogP contribution in [0.1, 0.15) is 16.7 Å². The zero-order valence-corrected chi connectivity index (χ0v) is 12.8. The summed E-state index contributed by atoms with van der Waals surface area (Å²) in [6, 6.07) is 19.6. The topological polar surface area (TPSA) is 34.9 Å². The fourth-order valence-corrected chi connectivity index (χ4v) is 2.43. The fourth-order valence-electron chi connectivity index (χ4n) is 2.43. The second-order valence-electron chi connectivity index (χ2n) is 5.51. The minimum absolute atomic E-state index is 0.0853. The first kappa shape index (κ1) is 14.3. The van der Waals surface area contributed by atoms with Crippen LogP contribution in [-0.4, -0.2) is 9.78 Å². The molecule has 1 aromatic heterocycles. The van der Waals surface area contributed by atoms with Crippen molar-refractivity contribution in [1.29, 1.82) is 0 Å². The third kappa shape index (κ3) is 2.98. The lowest BCUT2D eigenvalue weighted by molar-refractivity contribution is 0.642. The maximum Gasteiger partial charge on any atom is 0.267 e. The van der Waals surface area contributed by atoms with E-state index in [0.717, 1.165) is 22.4 Å². The summed E-state index contributed by atoms with van der Waals surface area (Å²) in [6.45, 7) is 4.58. The van der Waals surface area contributed by atoms with Crippen LogP contribution in [-0.2, 0) is 6.54 Å². The van der Waals surface area contributed by atoms with Gasteiger partial charge in [0, 0.05) is 11.6 Å². The van der Waals surface area contributed by atoms with Gasteiger partial charge in [0.2, 0.25) is 0 Å². The van der Waals surface area contributed by atoms with Crippen LogP contribution < -0.4 is 5.56 Å². The van der Waals surface area contributed by atoms with Gasteiger partial charge in [-0.15, -0.1) is 0 Å². The SMILES string of the molecule is Cc1ccc(Cn2nc(-c3ccccc3C)ccc2=O)cc1. The van der Waals surface area contributed by atoms with Crippen LogP contribution in [0, 0.1) is 13.8 Å². The minimum atomic E-state index is -0.0853. The number of nitrogens with zero attached hydrogens (tertiary/aromatic N) is 2. The monoisotopic (exact) mass is 290 g/mol. The van der Waals surface area contributed by atoms with Gasteiger partial charge in [-0.25, -0.2) is 4.68 Å². The predicted octanol–water partition coefficient (Wildman–Crippen LogP) is 3.58. The predicted molar refractivity (Wildman–Crippen MR) is 89.0 cm³/mol. The highest BCUT2D eigenvalue weighted by Crippen LogP contribution is 2.19. The van der Waals surface area contributed by atoms with Crippen LogP contribution in [0.25, 0.3) is 11.3 Å². The van der Waals surface area contributed by atoms with Crippen molar-refractivity contribution in [3.8, 4) is 11.3 Å². The Labute approximate surface area is 129 Å². The van der Waals surface area contributed by atoms with Crippen LogP contribution >= 0.6 is 0 Å². The molecule has 3 nitrogen and oxygen atoms in total. The number of aryl methyl sites for hydroxylation is 2. The van der Waals surface area contributed by atoms with Gasteiger partial charge in [-0.3, -0.25) is 4.79 Å². The van der Waals surface area contributed by atoms with E-state index in [-0.39, 0.29) is 5.56 Å². The smallest absolute Gasteiger partial charge is 0.267 e. The maximum absolute atomic E-state index is 12.1. The van der Waals surface area contributed by atoms with Crippen molar-refractivity contribution in [3.05, 3.63) is 87.7 Å². The lowest BCUT2D eigenvalue weighted by atomic mass is 10.1. The van der Waals surface area contributed by atoms with E-state index in [0.29, 0.717) is 6.54 Å². The molecule has 110 valence electrons. The Kier molecular flexibility index (Phi) is 3.88. The number of aromatic nitrogens is 2. The summed E-state index contributed by atoms with van der Waals surface area (Å²) in [6.07, 6.45) is 0. The first-order valence-electron chi connectivity index (χ1n) is 7.33. The van der Waals surface area contributed by atoms with Crippen LogP contribution in [0.3, 0.4) is 0 Å². The zero-order valence-electron chi connectivity index (χ0n) is 12.8. The third-order valence-corrected chi connectivity index (χ3v) is 3.74. The van der Waals surface area contributed by atoms with E-state index in [4.69, 9.17) is 0 Å². The summed E-state index contributed by atoms with van der Waals surface area (Å²) >= 11 is 0. The number of benzene rings is 2. The Morgan fingerprint density at radius 3 is 2.36 bits per heavy atom. The van der Waals surface area contributed by atoms with Gasteiger partial charge in [-0.2, -0.15) is 5.10 Å². The molecule has 0 saturated carbocycles. The van der Waals surface area contributed by atoms with Crippen molar-refractivity contribution in [2.75, 3.05) is 0 Å². The molecule has 0 aliphatic heterocycles. The Morgan fingerprint density at radius 1 is 0.909 bits per heavy atom. The summed E-state index contributed by atoms with van der Waals surface area (Å²) < 4.78 is 1.52. The second kappa shape index (κ2) is 5.98. The maximum atomic E-state index is 12.1. The summed E-state index contributed by atoms with van der Waals surface area (Å²) in [5, 5.41) is 4.53. The molecular weight excluding hydrogens is 272 g/mol. The van der Waals surface area contributed by atoms with Crippen LogP contribution in [0.2, 0.25) is 0 Å². The van der Waals surface area contributed by atoms with Crippen molar-refractivity contribution in [2.24, 2.45) is 0 Å². The molecule has 0 bridgehead atoms. The quantitative estimate of drug-likeness (QED) is 0.739. The summed E-state index contributed by atoms with van der Waals surface area (Å²) in [4.78, 5) is 12.1. The van der Waals surface area contributed by atoms with Gasteiger partial charge < -0.3 is 0 Å². The largest absolute Gasteiger partial charge is 0.268 e. The zero-order chi connectivity index (χ0) is 15.5. The molecule has 0 atom stereocenters. The van der Waals surface area contributed by atoms with Gasteiger partial charge >= 0.3 is 0 Å². The number of hydrogen-bond acceptors (Lipinski definition) is 2. The van der Waals surface area contributed by atoms with Crippen LogP contribution in [0.5, 0.6) is 0 Å². The second-order valence-corrected chi connectivity index (χ2v) is 5.51. The van der Waals surface area contributed by atoms with Gasteiger partial charge in [0.05, 0.1) is 12.2 Å². The van der Waals surface area contributed by atoms with Gasteiger partial charge in [0.1, 0.15) is 0 Å². The number of hydrogen-bond donors (Lipinski definition) is 0. The van der Waals surface area contributed by atoms with E-state index in [1.54, 1.807) is 12.1 Å². The lowest BCUT2D eigenvalue weighted by Crippen LogP contribution is -2.22. The van der Waals surface area contributed by atoms with E-state index in [2.05, 4.69) is 5.10 Å². The standard InChI is InChI=1S/C19H18N2O/c1-14-7-9-16(10-8-14)13-21-19(22)12-11-18(20-21)17-6-4-3-5-15(17)2/h3-12H,13H2,1-2H3. The van der Waals surface area contributed by atoms with E-state index in [1.165, 1.54) is 10.2 Å². The molecule has 3 heteroatoms. The normalized spacial score (nSPS) is 10.6. The van der Waals surface area contributed by atoms with Crippen molar-refractivity contribution < 1.29 is 0 Å². The van der Waals surface area contributed by atoms with Crippen molar-refractivity contribution in [3.63, 3.8) is 0 Å². The molecule has 0 radical (unpaired) electrons. The molecule has 0 aliphatic rings. The van der Waals surface area contributed by atoms with E-state index < -0.39 is 0 Å². The molecule has 2 aromatic carbocycles. The van der Waals surface area contributed by atoms with E-state index in [9.17, 15) is 4.79 Å². The Hall–Kier alpha value is -2.68. The summed E-state index contributed by atoms with van der Waals surface area (Å²) in [7, 11) is 0. The molecule has 0 spiro atoms. The molecule has 0 aliphatic carbocycles. The third-order valence-electron chi connectivity index (χ3n) is 3.74. The summed E-state index contributed by atoms with van der Waals surface area (Å²) in [5.74, 6) is 0. The minimum Gasteiger partial charge on any atom is -0.268 e. The molecule has 0 fully saturated rings. The molecule has 0 amide bonds. The highest BCUT2D eigenvalue weighted by molar-refractivity contribution is 5.62. The van der Waals surface area contributed by atoms with E-state index >= 15 is 0 Å². The van der Waals surface area contributed by atoms with E-state index in [1.807, 2.05) is 62.4 Å². The molecular formula is C19H18N2O. The van der Waals surface area contributed by atoms with Crippen LogP contribution in [0.4, 0.5) is 0 Å². The van der Waals surface area contributed by atoms with Crippen molar-refractivity contribution >= 4 is 0 Å². The summed E-state index contributed by atoms with van der Waals surface area (Å²) in [5.41, 5.74) is 5.22. The van der Waals surface area contributed by atoms with Gasteiger partial charge in [-0.05, 0) is 31.0 Å². The highest BCUT2D eigenvalue weighted by Gasteiger charge is 2.06. The van der Waals surface area contributed by atoms with Gasteiger partial charge in [-0.1, -0.05) is 54.1 Å². The molecule has 1 heterocycles. The molecule has 3 aromatic rings. The Morgan fingerprint density at radius 2 is 1.64 bits per heavy atom. The van der Waals surface area contributed by atoms with Gasteiger partial charge in [0.15, 0.2) is 0 Å². The lowest BCUT2D eigenvalue weighted by Gasteiger charge is -2.09.